The van der Waals surface area contributed by atoms with Gasteiger partial charge in [-0.3, -0.25) is 4.79 Å². The summed E-state index contributed by atoms with van der Waals surface area (Å²) >= 11 is 5.03. The summed E-state index contributed by atoms with van der Waals surface area (Å²) < 4.78 is 0. The third-order valence-electron chi connectivity index (χ3n) is 2.75. The molecule has 0 saturated carbocycles. The molecule has 0 atom stereocenters. The highest BCUT2D eigenvalue weighted by atomic mass is 32.1. The Morgan fingerprint density at radius 1 is 1.24 bits per heavy atom. The van der Waals surface area contributed by atoms with Gasteiger partial charge in [-0.2, -0.15) is 0 Å². The minimum atomic E-state index is -0.121. The predicted molar refractivity (Wildman–Crippen MR) is 88.9 cm³/mol. The minimum absolute atomic E-state index is 0.121. The van der Waals surface area contributed by atoms with Crippen molar-refractivity contribution < 1.29 is 4.79 Å². The molecule has 1 amide bonds. The molecule has 108 valence electrons. The van der Waals surface area contributed by atoms with Crippen LogP contribution in [-0.4, -0.2) is 15.9 Å². The molecule has 0 aliphatic carbocycles. The third-order valence-corrected chi connectivity index (χ3v) is 2.97. The van der Waals surface area contributed by atoms with E-state index in [-0.39, 0.29) is 10.9 Å². The molecule has 0 fully saturated rings. The zero-order valence-electron chi connectivity index (χ0n) is 11.8. The zero-order chi connectivity index (χ0) is 15.4. The Labute approximate surface area is 128 Å². The van der Waals surface area contributed by atoms with Crippen LogP contribution in [0, 0.1) is 6.92 Å². The van der Waals surface area contributed by atoms with Crippen LogP contribution in [0.15, 0.2) is 36.4 Å². The summed E-state index contributed by atoms with van der Waals surface area (Å²) in [5, 5.41) is 5.91. The fraction of sp³-hybridized carbons (Fsp3) is 0.133. The molecule has 5 nitrogen and oxygen atoms in total. The van der Waals surface area contributed by atoms with Crippen molar-refractivity contribution in [2.45, 2.75) is 13.8 Å². The molecular weight excluding hydrogens is 284 g/mol. The van der Waals surface area contributed by atoms with Crippen LogP contribution in [0.25, 0.3) is 0 Å². The SMILES string of the molecule is CC(=O)Nc1cccc(Nc2nc(C)ccc2C(N)=S)c1. The highest BCUT2D eigenvalue weighted by Gasteiger charge is 2.08. The number of hydrogen-bond acceptors (Lipinski definition) is 4. The summed E-state index contributed by atoms with van der Waals surface area (Å²) in [6.45, 7) is 3.36. The van der Waals surface area contributed by atoms with E-state index >= 15 is 0 Å². The lowest BCUT2D eigenvalue weighted by Crippen LogP contribution is -2.13. The summed E-state index contributed by atoms with van der Waals surface area (Å²) in [4.78, 5) is 15.8. The zero-order valence-corrected chi connectivity index (χ0v) is 12.6. The Morgan fingerprint density at radius 2 is 1.95 bits per heavy atom. The molecule has 0 spiro atoms. The summed E-state index contributed by atoms with van der Waals surface area (Å²) in [6.07, 6.45) is 0. The average molecular weight is 300 g/mol. The van der Waals surface area contributed by atoms with Gasteiger partial charge in [-0.25, -0.2) is 4.98 Å². The van der Waals surface area contributed by atoms with E-state index in [4.69, 9.17) is 18.0 Å². The van der Waals surface area contributed by atoms with E-state index in [2.05, 4.69) is 15.6 Å². The van der Waals surface area contributed by atoms with Gasteiger partial charge in [-0.15, -0.1) is 0 Å². The summed E-state index contributed by atoms with van der Waals surface area (Å²) in [5.41, 5.74) is 8.74. The van der Waals surface area contributed by atoms with Crippen LogP contribution in [0.5, 0.6) is 0 Å². The molecule has 1 aromatic heterocycles. The van der Waals surface area contributed by atoms with Crippen molar-refractivity contribution in [2.24, 2.45) is 5.73 Å². The van der Waals surface area contributed by atoms with E-state index in [0.717, 1.165) is 11.4 Å². The van der Waals surface area contributed by atoms with Crippen LogP contribution >= 0.6 is 12.2 Å². The molecule has 0 unspecified atom stereocenters. The number of nitrogens with two attached hydrogens (primary N) is 1. The highest BCUT2D eigenvalue weighted by molar-refractivity contribution is 7.80. The highest BCUT2D eigenvalue weighted by Crippen LogP contribution is 2.22. The van der Waals surface area contributed by atoms with Gasteiger partial charge < -0.3 is 16.4 Å². The normalized spacial score (nSPS) is 10.0. The minimum Gasteiger partial charge on any atom is -0.389 e. The van der Waals surface area contributed by atoms with E-state index in [1.165, 1.54) is 6.92 Å². The van der Waals surface area contributed by atoms with Gasteiger partial charge in [0.2, 0.25) is 5.91 Å². The maximum absolute atomic E-state index is 11.1. The van der Waals surface area contributed by atoms with Crippen molar-refractivity contribution in [2.75, 3.05) is 10.6 Å². The predicted octanol–water partition coefficient (Wildman–Crippen LogP) is 2.73. The Hall–Kier alpha value is -2.47. The molecule has 1 heterocycles. The third kappa shape index (κ3) is 4.00. The Balaban J connectivity index is 2.31. The molecule has 4 N–H and O–H groups in total. The first kappa shape index (κ1) is 14.9. The van der Waals surface area contributed by atoms with Crippen molar-refractivity contribution in [3.05, 3.63) is 47.7 Å². The number of amides is 1. The molecule has 0 saturated heterocycles. The van der Waals surface area contributed by atoms with E-state index in [0.29, 0.717) is 17.1 Å². The second-order valence-corrected chi connectivity index (χ2v) is 5.04. The Bertz CT molecular complexity index is 700. The van der Waals surface area contributed by atoms with Crippen molar-refractivity contribution in [1.82, 2.24) is 4.98 Å². The van der Waals surface area contributed by atoms with E-state index in [1.807, 2.05) is 43.3 Å². The molecule has 0 radical (unpaired) electrons. The second kappa shape index (κ2) is 6.32. The van der Waals surface area contributed by atoms with Crippen LogP contribution in [0.4, 0.5) is 17.2 Å². The number of benzene rings is 1. The fourth-order valence-electron chi connectivity index (χ4n) is 1.87. The summed E-state index contributed by atoms with van der Waals surface area (Å²) in [5.74, 6) is 0.479. The van der Waals surface area contributed by atoms with Crippen LogP contribution < -0.4 is 16.4 Å². The first-order chi connectivity index (χ1) is 9.95. The monoisotopic (exact) mass is 300 g/mol. The van der Waals surface area contributed by atoms with Gasteiger partial charge in [0.1, 0.15) is 10.8 Å². The lowest BCUT2D eigenvalue weighted by molar-refractivity contribution is -0.114. The maximum Gasteiger partial charge on any atom is 0.221 e. The fourth-order valence-corrected chi connectivity index (χ4v) is 2.03. The summed E-state index contributed by atoms with van der Waals surface area (Å²) in [7, 11) is 0. The van der Waals surface area contributed by atoms with Gasteiger partial charge in [0.05, 0.1) is 5.56 Å². The average Bonchev–Trinajstić information content (AvgIpc) is 2.38. The smallest absolute Gasteiger partial charge is 0.221 e. The largest absolute Gasteiger partial charge is 0.389 e. The number of thiocarbonyl (C=S) groups is 1. The molecule has 1 aromatic carbocycles. The first-order valence-electron chi connectivity index (χ1n) is 6.38. The van der Waals surface area contributed by atoms with Crippen LogP contribution in [-0.2, 0) is 4.79 Å². The van der Waals surface area contributed by atoms with Crippen molar-refractivity contribution >= 4 is 40.3 Å². The standard InChI is InChI=1S/C15H16N4OS/c1-9-6-7-13(14(16)21)15(17-9)19-12-5-3-4-11(8-12)18-10(2)20/h3-8H,1-2H3,(H2,16,21)(H,17,19)(H,18,20). The number of carbonyl (C=O) groups excluding carboxylic acids is 1. The topological polar surface area (TPSA) is 80.0 Å². The van der Waals surface area contributed by atoms with Crippen molar-refractivity contribution in [1.29, 1.82) is 0 Å². The number of aromatic nitrogens is 1. The second-order valence-electron chi connectivity index (χ2n) is 4.60. The molecule has 6 heteroatoms. The molecule has 0 aliphatic rings. The molecular formula is C15H16N4OS. The van der Waals surface area contributed by atoms with E-state index < -0.39 is 0 Å². The van der Waals surface area contributed by atoms with Gasteiger partial charge in [0.25, 0.3) is 0 Å². The van der Waals surface area contributed by atoms with Crippen LogP contribution in [0.2, 0.25) is 0 Å². The van der Waals surface area contributed by atoms with Crippen LogP contribution in [0.1, 0.15) is 18.2 Å². The van der Waals surface area contributed by atoms with Crippen LogP contribution in [0.3, 0.4) is 0 Å². The lowest BCUT2D eigenvalue weighted by atomic mass is 10.2. The van der Waals surface area contributed by atoms with Gasteiger partial charge in [-0.05, 0) is 37.3 Å². The van der Waals surface area contributed by atoms with Crippen molar-refractivity contribution in [3.8, 4) is 0 Å². The number of rotatable bonds is 4. The van der Waals surface area contributed by atoms with Gasteiger partial charge in [-0.1, -0.05) is 18.3 Å². The molecule has 2 aromatic rings. The first-order valence-corrected chi connectivity index (χ1v) is 6.78. The maximum atomic E-state index is 11.1. The lowest BCUT2D eigenvalue weighted by Gasteiger charge is -2.12. The Kier molecular flexibility index (Phi) is 4.49. The number of pyridine rings is 1. The number of nitrogens with one attached hydrogen (secondary N) is 2. The van der Waals surface area contributed by atoms with E-state index in [9.17, 15) is 4.79 Å². The molecule has 21 heavy (non-hydrogen) atoms. The number of carbonyl (C=O) groups is 1. The number of aryl methyl sites for hydroxylation is 1. The summed E-state index contributed by atoms with van der Waals surface area (Å²) in [6, 6.07) is 11.0. The van der Waals surface area contributed by atoms with Gasteiger partial charge in [0, 0.05) is 24.0 Å². The number of nitrogens with zero attached hydrogens (tertiary/aromatic N) is 1. The van der Waals surface area contributed by atoms with Gasteiger partial charge >= 0.3 is 0 Å². The Morgan fingerprint density at radius 3 is 2.62 bits per heavy atom. The molecule has 0 aliphatic heterocycles. The van der Waals surface area contributed by atoms with Crippen molar-refractivity contribution in [3.63, 3.8) is 0 Å². The number of anilines is 3. The molecule has 2 rings (SSSR count). The van der Waals surface area contributed by atoms with E-state index in [1.54, 1.807) is 0 Å². The quantitative estimate of drug-likeness (QED) is 0.757. The van der Waals surface area contributed by atoms with Gasteiger partial charge in [0.15, 0.2) is 0 Å². The molecule has 0 bridgehead atoms. The number of hydrogen-bond donors (Lipinski definition) is 3.